The lowest BCUT2D eigenvalue weighted by molar-refractivity contribution is 0.665. The summed E-state index contributed by atoms with van der Waals surface area (Å²) in [5, 5.41) is 10.3. The molecule has 2 heterocycles. The SMILES string of the molecule is CC1(C)c2cc3c4ccccc4c4ccccc4c3cc2-c2ccc3c4cnccc4n(-c4cccc(Br)c4)c3c21. The predicted octanol–water partition coefficient (Wildman–Crippen LogP) is 10.7. The van der Waals surface area contributed by atoms with Gasteiger partial charge in [-0.15, -0.1) is 0 Å². The molecule has 9 rings (SSSR count). The van der Waals surface area contributed by atoms with Gasteiger partial charge in [0, 0.05) is 38.7 Å². The highest BCUT2D eigenvalue weighted by molar-refractivity contribution is 9.10. The maximum atomic E-state index is 4.53. The number of pyridine rings is 1. The molecule has 41 heavy (non-hydrogen) atoms. The summed E-state index contributed by atoms with van der Waals surface area (Å²) in [4.78, 5) is 4.53. The molecule has 3 heteroatoms. The average Bonchev–Trinajstić information content (AvgIpc) is 3.45. The molecule has 0 saturated heterocycles. The maximum absolute atomic E-state index is 4.53. The van der Waals surface area contributed by atoms with E-state index in [-0.39, 0.29) is 5.41 Å². The van der Waals surface area contributed by atoms with Gasteiger partial charge in [-0.2, -0.15) is 0 Å². The van der Waals surface area contributed by atoms with Crippen molar-refractivity contribution in [3.63, 3.8) is 0 Å². The highest BCUT2D eigenvalue weighted by atomic mass is 79.9. The fraction of sp³-hybridized carbons (Fsp3) is 0.0789. The molecule has 8 aromatic rings. The molecule has 0 unspecified atom stereocenters. The minimum atomic E-state index is -0.198. The van der Waals surface area contributed by atoms with Crippen molar-refractivity contribution in [1.82, 2.24) is 9.55 Å². The number of halogens is 1. The minimum absolute atomic E-state index is 0.198. The molecule has 0 radical (unpaired) electrons. The van der Waals surface area contributed by atoms with E-state index in [1.165, 1.54) is 76.4 Å². The number of hydrogen-bond acceptors (Lipinski definition) is 1. The van der Waals surface area contributed by atoms with Crippen LogP contribution in [0.3, 0.4) is 0 Å². The Labute approximate surface area is 246 Å². The van der Waals surface area contributed by atoms with Crippen molar-refractivity contribution in [3.05, 3.63) is 131 Å². The number of aromatic nitrogens is 2. The van der Waals surface area contributed by atoms with Crippen molar-refractivity contribution in [3.8, 4) is 16.8 Å². The number of nitrogens with zero attached hydrogens (tertiary/aromatic N) is 2. The van der Waals surface area contributed by atoms with E-state index in [4.69, 9.17) is 0 Å². The van der Waals surface area contributed by atoms with E-state index >= 15 is 0 Å². The van der Waals surface area contributed by atoms with Crippen LogP contribution in [-0.2, 0) is 5.41 Å². The highest BCUT2D eigenvalue weighted by Gasteiger charge is 2.39. The molecular formula is C38H25BrN2. The molecule has 1 aliphatic rings. The van der Waals surface area contributed by atoms with E-state index in [0.717, 1.165) is 10.2 Å². The second kappa shape index (κ2) is 8.05. The Balaban J connectivity index is 1.46. The third kappa shape index (κ3) is 2.99. The molecule has 194 valence electrons. The van der Waals surface area contributed by atoms with Crippen molar-refractivity contribution >= 4 is 70.1 Å². The molecule has 0 aliphatic heterocycles. The van der Waals surface area contributed by atoms with Crippen LogP contribution in [0, 0.1) is 0 Å². The monoisotopic (exact) mass is 588 g/mol. The summed E-state index contributed by atoms with van der Waals surface area (Å²) in [5.41, 5.74) is 8.82. The van der Waals surface area contributed by atoms with Crippen LogP contribution in [0.5, 0.6) is 0 Å². The van der Waals surface area contributed by atoms with Crippen molar-refractivity contribution in [2.45, 2.75) is 19.3 Å². The quantitative estimate of drug-likeness (QED) is 0.174. The molecule has 1 aliphatic carbocycles. The fourth-order valence-corrected chi connectivity index (χ4v) is 7.90. The second-order valence-electron chi connectivity index (χ2n) is 11.8. The topological polar surface area (TPSA) is 17.8 Å². The summed E-state index contributed by atoms with van der Waals surface area (Å²) in [7, 11) is 0. The molecule has 0 spiro atoms. The Morgan fingerprint density at radius 1 is 0.610 bits per heavy atom. The van der Waals surface area contributed by atoms with Gasteiger partial charge in [0.2, 0.25) is 0 Å². The molecule has 6 aromatic carbocycles. The van der Waals surface area contributed by atoms with Gasteiger partial charge in [0.15, 0.2) is 0 Å². The number of rotatable bonds is 1. The van der Waals surface area contributed by atoms with Crippen molar-refractivity contribution in [1.29, 1.82) is 0 Å². The Morgan fingerprint density at radius 2 is 1.29 bits per heavy atom. The highest BCUT2D eigenvalue weighted by Crippen LogP contribution is 2.54. The van der Waals surface area contributed by atoms with Crippen molar-refractivity contribution in [2.75, 3.05) is 0 Å². The first kappa shape index (κ1) is 23.3. The van der Waals surface area contributed by atoms with Gasteiger partial charge in [0.25, 0.3) is 0 Å². The average molecular weight is 590 g/mol. The first-order valence-electron chi connectivity index (χ1n) is 14.1. The zero-order chi connectivity index (χ0) is 27.5. The lowest BCUT2D eigenvalue weighted by atomic mass is 9.80. The molecule has 2 nitrogen and oxygen atoms in total. The smallest absolute Gasteiger partial charge is 0.0588 e. The summed E-state index contributed by atoms with van der Waals surface area (Å²) in [6.45, 7) is 4.79. The fourth-order valence-electron chi connectivity index (χ4n) is 7.52. The van der Waals surface area contributed by atoms with Gasteiger partial charge < -0.3 is 4.57 Å². The van der Waals surface area contributed by atoms with Crippen LogP contribution >= 0.6 is 15.9 Å². The van der Waals surface area contributed by atoms with E-state index in [2.05, 4.69) is 142 Å². The van der Waals surface area contributed by atoms with Crippen LogP contribution < -0.4 is 0 Å². The van der Waals surface area contributed by atoms with E-state index in [1.807, 2.05) is 12.4 Å². The van der Waals surface area contributed by atoms with Crippen molar-refractivity contribution in [2.24, 2.45) is 0 Å². The summed E-state index contributed by atoms with van der Waals surface area (Å²) >= 11 is 3.72. The largest absolute Gasteiger partial charge is 0.309 e. The molecule has 0 bridgehead atoms. The number of hydrogen-bond donors (Lipinski definition) is 0. The summed E-state index contributed by atoms with van der Waals surface area (Å²) in [6.07, 6.45) is 3.92. The van der Waals surface area contributed by atoms with Gasteiger partial charge in [0.05, 0.1) is 11.0 Å². The zero-order valence-electron chi connectivity index (χ0n) is 22.7. The van der Waals surface area contributed by atoms with Crippen LogP contribution in [0.25, 0.3) is 70.9 Å². The maximum Gasteiger partial charge on any atom is 0.0588 e. The van der Waals surface area contributed by atoms with E-state index in [0.29, 0.717) is 0 Å². The third-order valence-corrected chi connectivity index (χ3v) is 9.76. The van der Waals surface area contributed by atoms with Crippen molar-refractivity contribution < 1.29 is 0 Å². The Hall–Kier alpha value is -4.47. The first-order chi connectivity index (χ1) is 20.0. The van der Waals surface area contributed by atoms with Gasteiger partial charge in [0.1, 0.15) is 0 Å². The molecule has 0 fully saturated rings. The Bertz CT molecular complexity index is 2410. The molecule has 0 atom stereocenters. The van der Waals surface area contributed by atoms with Gasteiger partial charge in [-0.3, -0.25) is 4.98 Å². The predicted molar refractivity (Wildman–Crippen MR) is 176 cm³/mol. The molecular weight excluding hydrogens is 564 g/mol. The van der Waals surface area contributed by atoms with E-state index < -0.39 is 0 Å². The first-order valence-corrected chi connectivity index (χ1v) is 14.9. The number of fused-ring (bicyclic) bond motifs is 13. The molecule has 0 saturated carbocycles. The summed E-state index contributed by atoms with van der Waals surface area (Å²) in [6, 6.07) is 38.1. The van der Waals surface area contributed by atoms with Crippen LogP contribution in [0.15, 0.2) is 120 Å². The number of benzene rings is 6. The van der Waals surface area contributed by atoms with Gasteiger partial charge in [-0.05, 0) is 91.0 Å². The summed E-state index contributed by atoms with van der Waals surface area (Å²) in [5.74, 6) is 0. The van der Waals surface area contributed by atoms with Gasteiger partial charge >= 0.3 is 0 Å². The normalized spacial score (nSPS) is 13.9. The summed E-state index contributed by atoms with van der Waals surface area (Å²) < 4.78 is 3.51. The lowest BCUT2D eigenvalue weighted by Crippen LogP contribution is -2.16. The van der Waals surface area contributed by atoms with Crippen LogP contribution in [0.2, 0.25) is 0 Å². The van der Waals surface area contributed by atoms with E-state index in [9.17, 15) is 0 Å². The zero-order valence-corrected chi connectivity index (χ0v) is 24.3. The standard InChI is InChI=1S/C38H25BrN2/c1-38(2)34-20-31-27-13-6-4-11-25(27)24-10-3-5-12-26(24)30(31)19-32(34)28-14-15-29-33-21-40-17-16-35(33)41(37(29)36(28)38)23-9-7-8-22(39)18-23/h3-21H,1-2H3. The molecule has 0 N–H and O–H groups in total. The Kier molecular flexibility index (Phi) is 4.57. The molecule has 0 amide bonds. The van der Waals surface area contributed by atoms with E-state index in [1.54, 1.807) is 0 Å². The van der Waals surface area contributed by atoms with Crippen LogP contribution in [-0.4, -0.2) is 9.55 Å². The second-order valence-corrected chi connectivity index (χ2v) is 12.7. The molecule has 2 aromatic heterocycles. The minimum Gasteiger partial charge on any atom is -0.309 e. The third-order valence-electron chi connectivity index (χ3n) is 9.27. The van der Waals surface area contributed by atoms with Crippen LogP contribution in [0.1, 0.15) is 25.0 Å². The lowest BCUT2D eigenvalue weighted by Gasteiger charge is -2.24. The van der Waals surface area contributed by atoms with Crippen LogP contribution in [0.4, 0.5) is 0 Å². The van der Waals surface area contributed by atoms with Gasteiger partial charge in [-0.1, -0.05) is 96.5 Å². The van der Waals surface area contributed by atoms with Gasteiger partial charge in [-0.25, -0.2) is 0 Å². The Morgan fingerprint density at radius 3 is 2.00 bits per heavy atom.